The van der Waals surface area contributed by atoms with Gasteiger partial charge in [0.2, 0.25) is 0 Å². The molecule has 0 aromatic heterocycles. The van der Waals surface area contributed by atoms with E-state index in [2.05, 4.69) is 23.6 Å². The zero-order chi connectivity index (χ0) is 13.0. The summed E-state index contributed by atoms with van der Waals surface area (Å²) in [5.74, 6) is 0. The molecule has 0 unspecified atom stereocenters. The standard InChI is InChI=1S/C15H22N2O/c1-3-13(2)16-8-10-17(11-9-16)15-6-4-14(12-18)5-7-15/h4-7,12-13H,3,8-11H2,1-2H3/t13-/m0/s1. The fourth-order valence-corrected chi connectivity index (χ4v) is 2.44. The highest BCUT2D eigenvalue weighted by atomic mass is 16.1. The summed E-state index contributed by atoms with van der Waals surface area (Å²) in [5, 5.41) is 0. The van der Waals surface area contributed by atoms with Gasteiger partial charge in [-0.05, 0) is 37.6 Å². The molecule has 2 rings (SSSR count). The maximum absolute atomic E-state index is 10.6. The normalized spacial score (nSPS) is 18.7. The van der Waals surface area contributed by atoms with Crippen LogP contribution in [0.4, 0.5) is 5.69 Å². The second-order valence-corrected chi connectivity index (χ2v) is 4.99. The fourth-order valence-electron chi connectivity index (χ4n) is 2.44. The number of hydrogen-bond acceptors (Lipinski definition) is 3. The van der Waals surface area contributed by atoms with Crippen molar-refractivity contribution in [2.24, 2.45) is 0 Å². The van der Waals surface area contributed by atoms with Crippen LogP contribution in [0.25, 0.3) is 0 Å². The van der Waals surface area contributed by atoms with Crippen LogP contribution in [0.5, 0.6) is 0 Å². The Labute approximate surface area is 109 Å². The Morgan fingerprint density at radius 3 is 2.28 bits per heavy atom. The predicted molar refractivity (Wildman–Crippen MR) is 75.4 cm³/mol. The number of aldehydes is 1. The minimum atomic E-state index is 0.685. The number of nitrogens with zero attached hydrogens (tertiary/aromatic N) is 2. The van der Waals surface area contributed by atoms with E-state index in [0.717, 1.165) is 38.0 Å². The van der Waals surface area contributed by atoms with E-state index < -0.39 is 0 Å². The van der Waals surface area contributed by atoms with Gasteiger partial charge in [0.05, 0.1) is 0 Å². The summed E-state index contributed by atoms with van der Waals surface area (Å²) in [4.78, 5) is 15.6. The van der Waals surface area contributed by atoms with Gasteiger partial charge in [-0.25, -0.2) is 0 Å². The van der Waals surface area contributed by atoms with E-state index in [1.165, 1.54) is 12.1 Å². The van der Waals surface area contributed by atoms with Crippen molar-refractivity contribution in [3.63, 3.8) is 0 Å². The van der Waals surface area contributed by atoms with Crippen molar-refractivity contribution in [1.82, 2.24) is 4.90 Å². The number of hydrogen-bond donors (Lipinski definition) is 0. The van der Waals surface area contributed by atoms with E-state index in [9.17, 15) is 4.79 Å². The Bertz CT molecular complexity index is 380. The minimum absolute atomic E-state index is 0.685. The van der Waals surface area contributed by atoms with Crippen LogP contribution in [0, 0.1) is 0 Å². The second kappa shape index (κ2) is 6.01. The molecule has 0 amide bonds. The van der Waals surface area contributed by atoms with Crippen LogP contribution >= 0.6 is 0 Å². The molecule has 1 atom stereocenters. The molecule has 1 aromatic rings. The van der Waals surface area contributed by atoms with Crippen LogP contribution in [0.15, 0.2) is 24.3 Å². The Morgan fingerprint density at radius 1 is 1.17 bits per heavy atom. The zero-order valence-corrected chi connectivity index (χ0v) is 11.3. The molecule has 0 spiro atoms. The first-order valence-corrected chi connectivity index (χ1v) is 6.79. The summed E-state index contributed by atoms with van der Waals surface area (Å²) in [5.41, 5.74) is 1.97. The van der Waals surface area contributed by atoms with Crippen LogP contribution in [-0.4, -0.2) is 43.4 Å². The zero-order valence-electron chi connectivity index (χ0n) is 11.3. The van der Waals surface area contributed by atoms with E-state index in [1.54, 1.807) is 0 Å². The van der Waals surface area contributed by atoms with E-state index >= 15 is 0 Å². The molecular weight excluding hydrogens is 224 g/mol. The molecule has 98 valence electrons. The van der Waals surface area contributed by atoms with Crippen LogP contribution in [0.3, 0.4) is 0 Å². The Morgan fingerprint density at radius 2 is 1.78 bits per heavy atom. The summed E-state index contributed by atoms with van der Waals surface area (Å²) in [6, 6.07) is 8.56. The van der Waals surface area contributed by atoms with Crippen molar-refractivity contribution < 1.29 is 4.79 Å². The first-order chi connectivity index (χ1) is 8.74. The van der Waals surface area contributed by atoms with Crippen molar-refractivity contribution in [3.05, 3.63) is 29.8 Å². The van der Waals surface area contributed by atoms with Crippen LogP contribution in [-0.2, 0) is 0 Å². The highest BCUT2D eigenvalue weighted by molar-refractivity contribution is 5.75. The van der Waals surface area contributed by atoms with E-state index in [4.69, 9.17) is 0 Å². The first-order valence-electron chi connectivity index (χ1n) is 6.79. The van der Waals surface area contributed by atoms with E-state index in [-0.39, 0.29) is 0 Å². The van der Waals surface area contributed by atoms with Crippen molar-refractivity contribution in [2.45, 2.75) is 26.3 Å². The SMILES string of the molecule is CC[C@H](C)N1CCN(c2ccc(C=O)cc2)CC1. The van der Waals surface area contributed by atoms with Gasteiger partial charge in [0.15, 0.2) is 0 Å². The van der Waals surface area contributed by atoms with Gasteiger partial charge in [0, 0.05) is 43.5 Å². The van der Waals surface area contributed by atoms with Crippen LogP contribution in [0.2, 0.25) is 0 Å². The molecule has 0 bridgehead atoms. The lowest BCUT2D eigenvalue weighted by Crippen LogP contribution is -2.49. The second-order valence-electron chi connectivity index (χ2n) is 4.99. The Hall–Kier alpha value is -1.35. The molecule has 1 aliphatic rings. The molecule has 18 heavy (non-hydrogen) atoms. The quantitative estimate of drug-likeness (QED) is 0.762. The van der Waals surface area contributed by atoms with Gasteiger partial charge in [0.1, 0.15) is 6.29 Å². The van der Waals surface area contributed by atoms with Gasteiger partial charge in [0.25, 0.3) is 0 Å². The van der Waals surface area contributed by atoms with Crippen LogP contribution in [0.1, 0.15) is 30.6 Å². The topological polar surface area (TPSA) is 23.6 Å². The number of anilines is 1. The highest BCUT2D eigenvalue weighted by Crippen LogP contribution is 2.18. The monoisotopic (exact) mass is 246 g/mol. The molecule has 3 nitrogen and oxygen atoms in total. The third kappa shape index (κ3) is 2.91. The molecule has 0 aliphatic carbocycles. The summed E-state index contributed by atoms with van der Waals surface area (Å²) in [6.07, 6.45) is 2.11. The predicted octanol–water partition coefficient (Wildman–Crippen LogP) is 2.42. The largest absolute Gasteiger partial charge is 0.369 e. The van der Waals surface area contributed by atoms with Crippen molar-refractivity contribution in [3.8, 4) is 0 Å². The number of benzene rings is 1. The van der Waals surface area contributed by atoms with Gasteiger partial charge in [-0.1, -0.05) is 6.92 Å². The molecule has 1 fully saturated rings. The molecule has 1 heterocycles. The number of rotatable bonds is 4. The average Bonchev–Trinajstić information content (AvgIpc) is 2.47. The Balaban J connectivity index is 1.94. The maximum atomic E-state index is 10.6. The number of carbonyl (C=O) groups is 1. The lowest BCUT2D eigenvalue weighted by molar-refractivity contribution is 0.112. The van der Waals surface area contributed by atoms with Gasteiger partial charge < -0.3 is 4.90 Å². The van der Waals surface area contributed by atoms with Gasteiger partial charge >= 0.3 is 0 Å². The molecule has 0 N–H and O–H groups in total. The summed E-state index contributed by atoms with van der Waals surface area (Å²) in [6.45, 7) is 8.95. The molecule has 1 aliphatic heterocycles. The highest BCUT2D eigenvalue weighted by Gasteiger charge is 2.19. The van der Waals surface area contributed by atoms with E-state index in [0.29, 0.717) is 6.04 Å². The van der Waals surface area contributed by atoms with Crippen LogP contribution < -0.4 is 4.90 Å². The summed E-state index contributed by atoms with van der Waals surface area (Å²) < 4.78 is 0. The summed E-state index contributed by atoms with van der Waals surface area (Å²) in [7, 11) is 0. The van der Waals surface area contributed by atoms with E-state index in [1.807, 2.05) is 24.3 Å². The molecular formula is C15H22N2O. The average molecular weight is 246 g/mol. The molecule has 0 radical (unpaired) electrons. The molecule has 1 aromatic carbocycles. The van der Waals surface area contributed by atoms with Gasteiger partial charge in [-0.2, -0.15) is 0 Å². The Kier molecular flexibility index (Phi) is 4.37. The lowest BCUT2D eigenvalue weighted by atomic mass is 10.1. The van der Waals surface area contributed by atoms with Gasteiger partial charge in [-0.15, -0.1) is 0 Å². The fraction of sp³-hybridized carbons (Fsp3) is 0.533. The van der Waals surface area contributed by atoms with Crippen molar-refractivity contribution >= 4 is 12.0 Å². The third-order valence-electron chi connectivity index (χ3n) is 3.92. The minimum Gasteiger partial charge on any atom is -0.369 e. The first kappa shape index (κ1) is 13.1. The molecule has 0 saturated carbocycles. The molecule has 1 saturated heterocycles. The molecule has 3 heteroatoms. The summed E-state index contributed by atoms with van der Waals surface area (Å²) >= 11 is 0. The number of carbonyl (C=O) groups excluding carboxylic acids is 1. The maximum Gasteiger partial charge on any atom is 0.150 e. The van der Waals surface area contributed by atoms with Crippen molar-refractivity contribution in [2.75, 3.05) is 31.1 Å². The number of piperazine rings is 1. The third-order valence-corrected chi connectivity index (χ3v) is 3.92. The van der Waals surface area contributed by atoms with Gasteiger partial charge in [-0.3, -0.25) is 9.69 Å². The smallest absolute Gasteiger partial charge is 0.150 e. The lowest BCUT2D eigenvalue weighted by Gasteiger charge is -2.39. The van der Waals surface area contributed by atoms with Crippen molar-refractivity contribution in [1.29, 1.82) is 0 Å².